The second-order valence-electron chi connectivity index (χ2n) is 5.28. The van der Waals surface area contributed by atoms with Gasteiger partial charge in [-0.25, -0.2) is 0 Å². The number of nitrogens with zero attached hydrogens (tertiary/aromatic N) is 2. The molecule has 2 N–H and O–H groups in total. The fraction of sp³-hybridized carbons (Fsp3) is 0.600. The molecule has 0 saturated carbocycles. The zero-order valence-electron chi connectivity index (χ0n) is 13.0. The zero-order valence-corrected chi connectivity index (χ0v) is 13.8. The first kappa shape index (κ1) is 15.8. The zero-order chi connectivity index (χ0) is 15.2. The summed E-state index contributed by atoms with van der Waals surface area (Å²) in [5.74, 6) is 1.04. The van der Waals surface area contributed by atoms with Gasteiger partial charge in [-0.15, -0.1) is 11.3 Å². The SMILES string of the molecule is CCC(=O)N1CCC(NC(=NC)NCc2sccc2C)C1. The van der Waals surface area contributed by atoms with Gasteiger partial charge in [-0.05, 0) is 30.4 Å². The van der Waals surface area contributed by atoms with E-state index in [1.165, 1.54) is 10.4 Å². The molecule has 0 radical (unpaired) electrons. The van der Waals surface area contributed by atoms with Gasteiger partial charge in [0.25, 0.3) is 0 Å². The van der Waals surface area contributed by atoms with Crippen molar-refractivity contribution < 1.29 is 4.79 Å². The minimum atomic E-state index is 0.233. The van der Waals surface area contributed by atoms with Crippen LogP contribution in [0.2, 0.25) is 0 Å². The monoisotopic (exact) mass is 308 g/mol. The number of guanidine groups is 1. The average molecular weight is 308 g/mol. The summed E-state index contributed by atoms with van der Waals surface area (Å²) >= 11 is 1.75. The Morgan fingerprint density at radius 1 is 1.57 bits per heavy atom. The number of thiophene rings is 1. The first-order chi connectivity index (χ1) is 10.1. The molecule has 1 unspecified atom stereocenters. The molecule has 0 spiro atoms. The van der Waals surface area contributed by atoms with Crippen molar-refractivity contribution in [1.29, 1.82) is 0 Å². The molecular weight excluding hydrogens is 284 g/mol. The summed E-state index contributed by atoms with van der Waals surface area (Å²) in [5, 5.41) is 8.85. The number of aryl methyl sites for hydroxylation is 1. The number of likely N-dealkylation sites (tertiary alicyclic amines) is 1. The van der Waals surface area contributed by atoms with Crippen molar-refractivity contribution in [2.75, 3.05) is 20.1 Å². The molecule has 5 nitrogen and oxygen atoms in total. The number of rotatable bonds is 4. The van der Waals surface area contributed by atoms with E-state index >= 15 is 0 Å². The third kappa shape index (κ3) is 4.20. The van der Waals surface area contributed by atoms with E-state index in [4.69, 9.17) is 0 Å². The van der Waals surface area contributed by atoms with E-state index in [2.05, 4.69) is 34.0 Å². The first-order valence-electron chi connectivity index (χ1n) is 7.42. The smallest absolute Gasteiger partial charge is 0.222 e. The molecule has 1 aromatic heterocycles. The highest BCUT2D eigenvalue weighted by Crippen LogP contribution is 2.15. The van der Waals surface area contributed by atoms with Gasteiger partial charge in [-0.3, -0.25) is 9.79 Å². The van der Waals surface area contributed by atoms with Crippen LogP contribution in [0.15, 0.2) is 16.4 Å². The van der Waals surface area contributed by atoms with E-state index in [9.17, 15) is 4.79 Å². The van der Waals surface area contributed by atoms with E-state index in [-0.39, 0.29) is 11.9 Å². The molecule has 0 aromatic carbocycles. The number of amides is 1. The minimum absolute atomic E-state index is 0.233. The number of nitrogens with one attached hydrogen (secondary N) is 2. The van der Waals surface area contributed by atoms with Gasteiger partial charge in [0.2, 0.25) is 5.91 Å². The highest BCUT2D eigenvalue weighted by molar-refractivity contribution is 7.10. The van der Waals surface area contributed by atoms with Gasteiger partial charge >= 0.3 is 0 Å². The molecule has 0 bridgehead atoms. The van der Waals surface area contributed by atoms with Crippen LogP contribution in [0.3, 0.4) is 0 Å². The molecule has 1 amide bonds. The van der Waals surface area contributed by atoms with E-state index in [1.807, 2.05) is 11.8 Å². The minimum Gasteiger partial charge on any atom is -0.352 e. The van der Waals surface area contributed by atoms with E-state index in [0.717, 1.165) is 32.0 Å². The summed E-state index contributed by atoms with van der Waals surface area (Å²) in [4.78, 5) is 19.2. The number of hydrogen-bond donors (Lipinski definition) is 2. The fourth-order valence-corrected chi connectivity index (χ4v) is 3.31. The first-order valence-corrected chi connectivity index (χ1v) is 8.30. The Labute approximate surface area is 130 Å². The van der Waals surface area contributed by atoms with Gasteiger partial charge in [-0.1, -0.05) is 6.92 Å². The summed E-state index contributed by atoms with van der Waals surface area (Å²) < 4.78 is 0. The van der Waals surface area contributed by atoms with Gasteiger partial charge < -0.3 is 15.5 Å². The molecule has 116 valence electrons. The lowest BCUT2D eigenvalue weighted by molar-refractivity contribution is -0.129. The van der Waals surface area contributed by atoms with Crippen LogP contribution in [0.4, 0.5) is 0 Å². The van der Waals surface area contributed by atoms with Crippen LogP contribution in [-0.2, 0) is 11.3 Å². The molecule has 1 saturated heterocycles. The molecule has 2 rings (SSSR count). The van der Waals surface area contributed by atoms with Crippen molar-refractivity contribution in [1.82, 2.24) is 15.5 Å². The Hall–Kier alpha value is -1.56. The largest absolute Gasteiger partial charge is 0.352 e. The topological polar surface area (TPSA) is 56.7 Å². The molecular formula is C15H24N4OS. The van der Waals surface area contributed by atoms with Gasteiger partial charge in [-0.2, -0.15) is 0 Å². The van der Waals surface area contributed by atoms with Crippen LogP contribution in [0.5, 0.6) is 0 Å². The second-order valence-corrected chi connectivity index (χ2v) is 6.28. The molecule has 1 fully saturated rings. The highest BCUT2D eigenvalue weighted by atomic mass is 32.1. The van der Waals surface area contributed by atoms with Gasteiger partial charge in [0.05, 0.1) is 6.54 Å². The molecule has 1 aliphatic rings. The molecule has 2 heterocycles. The van der Waals surface area contributed by atoms with Gasteiger partial charge in [0.15, 0.2) is 5.96 Å². The Kier molecular flexibility index (Phi) is 5.61. The van der Waals surface area contributed by atoms with Crippen LogP contribution in [0, 0.1) is 6.92 Å². The maximum atomic E-state index is 11.7. The maximum absolute atomic E-state index is 11.7. The van der Waals surface area contributed by atoms with Gasteiger partial charge in [0, 0.05) is 37.5 Å². The summed E-state index contributed by atoms with van der Waals surface area (Å²) in [6.07, 6.45) is 1.56. The van der Waals surface area contributed by atoms with E-state index in [0.29, 0.717) is 6.42 Å². The predicted molar refractivity (Wildman–Crippen MR) is 87.7 cm³/mol. The number of hydrogen-bond acceptors (Lipinski definition) is 3. The predicted octanol–water partition coefficient (Wildman–Crippen LogP) is 1.73. The molecule has 6 heteroatoms. The lowest BCUT2D eigenvalue weighted by Gasteiger charge is -2.18. The number of aliphatic imine (C=N–C) groups is 1. The lowest BCUT2D eigenvalue weighted by atomic mass is 10.2. The Morgan fingerprint density at radius 2 is 2.38 bits per heavy atom. The van der Waals surface area contributed by atoms with Crippen molar-refractivity contribution in [2.24, 2.45) is 4.99 Å². The second kappa shape index (κ2) is 7.45. The summed E-state index contributed by atoms with van der Waals surface area (Å²) in [6, 6.07) is 2.42. The van der Waals surface area contributed by atoms with Crippen molar-refractivity contribution in [3.63, 3.8) is 0 Å². The lowest BCUT2D eigenvalue weighted by Crippen LogP contribution is -2.44. The standard InChI is InChI=1S/C15H24N4OS/c1-4-14(20)19-7-5-12(10-19)18-15(16-3)17-9-13-11(2)6-8-21-13/h6,8,12H,4-5,7,9-10H2,1-3H3,(H2,16,17,18). The van der Waals surface area contributed by atoms with Crippen LogP contribution in [0.25, 0.3) is 0 Å². The molecule has 1 aromatic rings. The number of carbonyl (C=O) groups excluding carboxylic acids is 1. The third-order valence-corrected chi connectivity index (χ3v) is 4.82. The van der Waals surface area contributed by atoms with Crippen LogP contribution in [0.1, 0.15) is 30.2 Å². The van der Waals surface area contributed by atoms with Crippen LogP contribution in [-0.4, -0.2) is 42.9 Å². The quantitative estimate of drug-likeness (QED) is 0.658. The van der Waals surface area contributed by atoms with Crippen molar-refractivity contribution in [3.8, 4) is 0 Å². The van der Waals surface area contributed by atoms with E-state index < -0.39 is 0 Å². The molecule has 21 heavy (non-hydrogen) atoms. The highest BCUT2D eigenvalue weighted by Gasteiger charge is 2.25. The molecule has 0 aliphatic carbocycles. The van der Waals surface area contributed by atoms with Crippen LogP contribution < -0.4 is 10.6 Å². The number of carbonyl (C=O) groups is 1. The fourth-order valence-electron chi connectivity index (χ4n) is 2.47. The summed E-state index contributed by atoms with van der Waals surface area (Å²) in [5.41, 5.74) is 1.31. The Bertz CT molecular complexity index is 512. The Balaban J connectivity index is 1.81. The van der Waals surface area contributed by atoms with Crippen molar-refractivity contribution >= 4 is 23.2 Å². The third-order valence-electron chi connectivity index (χ3n) is 3.79. The van der Waals surface area contributed by atoms with Crippen LogP contribution >= 0.6 is 11.3 Å². The Morgan fingerprint density at radius 3 is 3.00 bits per heavy atom. The van der Waals surface area contributed by atoms with Gasteiger partial charge in [0.1, 0.15) is 0 Å². The summed E-state index contributed by atoms with van der Waals surface area (Å²) in [6.45, 7) is 6.42. The molecule has 1 aliphatic heterocycles. The van der Waals surface area contributed by atoms with Crippen molar-refractivity contribution in [2.45, 2.75) is 39.3 Å². The maximum Gasteiger partial charge on any atom is 0.222 e. The van der Waals surface area contributed by atoms with Crippen molar-refractivity contribution in [3.05, 3.63) is 21.9 Å². The van der Waals surface area contributed by atoms with E-state index in [1.54, 1.807) is 18.4 Å². The molecule has 1 atom stereocenters. The normalized spacial score (nSPS) is 18.9. The average Bonchev–Trinajstić information content (AvgIpc) is 3.11. The summed E-state index contributed by atoms with van der Waals surface area (Å²) in [7, 11) is 1.78.